The summed E-state index contributed by atoms with van der Waals surface area (Å²) < 4.78 is 39.4. The van der Waals surface area contributed by atoms with Gasteiger partial charge in [0, 0.05) is 11.8 Å². The second kappa shape index (κ2) is 10.1. The van der Waals surface area contributed by atoms with Gasteiger partial charge in [0.25, 0.3) is 0 Å². The lowest BCUT2D eigenvalue weighted by atomic mass is 10.2. The minimum absolute atomic E-state index is 0.0953. The van der Waals surface area contributed by atoms with Crippen LogP contribution in [-0.4, -0.2) is 35.2 Å². The van der Waals surface area contributed by atoms with Crippen molar-refractivity contribution in [2.75, 3.05) is 26.1 Å². The topological polar surface area (TPSA) is 117 Å². The van der Waals surface area contributed by atoms with Gasteiger partial charge in [-0.3, -0.25) is 4.79 Å². The van der Waals surface area contributed by atoms with E-state index in [0.29, 0.717) is 24.0 Å². The molecule has 2 aromatic carbocycles. The molecule has 2 aromatic rings. The third kappa shape index (κ3) is 6.50. The second-order valence-corrected chi connectivity index (χ2v) is 8.38. The van der Waals surface area contributed by atoms with Crippen LogP contribution in [0.4, 0.5) is 5.69 Å². The summed E-state index contributed by atoms with van der Waals surface area (Å²) in [6, 6.07) is 9.51. The molecule has 0 unspecified atom stereocenters. The Bertz CT molecular complexity index is 1030. The van der Waals surface area contributed by atoms with Crippen molar-refractivity contribution in [3.63, 3.8) is 0 Å². The highest BCUT2D eigenvalue weighted by Gasteiger charge is 2.16. The molecule has 8 nitrogen and oxygen atoms in total. The first-order valence-electron chi connectivity index (χ1n) is 9.14. The summed E-state index contributed by atoms with van der Waals surface area (Å²) in [7, 11) is -1.12. The maximum absolute atomic E-state index is 12.2. The number of hydrogen-bond donors (Lipinski definition) is 2. The van der Waals surface area contributed by atoms with Crippen LogP contribution in [-0.2, 0) is 14.8 Å². The number of carbonyl (C=O) groups excluding carboxylic acids is 1. The minimum Gasteiger partial charge on any atom is -0.495 e. The predicted molar refractivity (Wildman–Crippen MR) is 115 cm³/mol. The molecule has 0 bridgehead atoms. The van der Waals surface area contributed by atoms with Gasteiger partial charge < -0.3 is 19.5 Å². The first-order chi connectivity index (χ1) is 14.1. The summed E-state index contributed by atoms with van der Waals surface area (Å²) in [5.74, 6) is 1.22. The molecule has 0 fully saturated rings. The van der Waals surface area contributed by atoms with Gasteiger partial charge in [-0.15, -0.1) is 0 Å². The summed E-state index contributed by atoms with van der Waals surface area (Å²) in [5, 5.41) is 7.78. The zero-order valence-electron chi connectivity index (χ0n) is 17.3. The van der Waals surface area contributed by atoms with E-state index in [1.807, 2.05) is 0 Å². The number of ether oxygens (including phenoxy) is 3. The van der Waals surface area contributed by atoms with E-state index in [2.05, 4.69) is 19.2 Å². The first-order valence-corrected chi connectivity index (χ1v) is 10.7. The Kier molecular flexibility index (Phi) is 7.85. The standard InChI is InChI=1S/C21H26N2O6S/c1-14(2)13-29-17-8-5-15(11-19(17)28-4)6-10-21(24)23-16-7-9-18(27-3)20(12-16)30(22,25)26/h5-12,14H,13H2,1-4H3,(H,23,24)(H2,22,25,26). The maximum Gasteiger partial charge on any atom is 0.248 e. The fraction of sp³-hybridized carbons (Fsp3) is 0.286. The van der Waals surface area contributed by atoms with E-state index in [0.717, 1.165) is 5.56 Å². The van der Waals surface area contributed by atoms with Gasteiger partial charge in [0.05, 0.1) is 20.8 Å². The van der Waals surface area contributed by atoms with Crippen molar-refractivity contribution in [2.45, 2.75) is 18.7 Å². The summed E-state index contributed by atoms with van der Waals surface area (Å²) in [6.45, 7) is 4.67. The quantitative estimate of drug-likeness (QED) is 0.586. The average Bonchev–Trinajstić information content (AvgIpc) is 2.70. The van der Waals surface area contributed by atoms with Gasteiger partial charge in [-0.25, -0.2) is 13.6 Å². The molecular formula is C21H26N2O6S. The summed E-state index contributed by atoms with van der Waals surface area (Å²) in [5.41, 5.74) is 1.00. The molecule has 0 aromatic heterocycles. The molecule has 0 radical (unpaired) electrons. The van der Waals surface area contributed by atoms with E-state index in [4.69, 9.17) is 19.3 Å². The van der Waals surface area contributed by atoms with Crippen LogP contribution in [0.25, 0.3) is 6.08 Å². The smallest absolute Gasteiger partial charge is 0.248 e. The number of methoxy groups -OCH3 is 2. The lowest BCUT2D eigenvalue weighted by Gasteiger charge is -2.12. The molecule has 162 valence electrons. The highest BCUT2D eigenvalue weighted by molar-refractivity contribution is 7.89. The highest BCUT2D eigenvalue weighted by atomic mass is 32.2. The summed E-state index contributed by atoms with van der Waals surface area (Å²) >= 11 is 0. The molecule has 0 aliphatic rings. The number of nitrogens with one attached hydrogen (secondary N) is 1. The molecule has 0 atom stereocenters. The number of nitrogens with two attached hydrogens (primary N) is 1. The Morgan fingerprint density at radius 3 is 2.33 bits per heavy atom. The van der Waals surface area contributed by atoms with Crippen LogP contribution in [0.1, 0.15) is 19.4 Å². The van der Waals surface area contributed by atoms with Crippen LogP contribution in [0.3, 0.4) is 0 Å². The lowest BCUT2D eigenvalue weighted by molar-refractivity contribution is -0.111. The molecule has 1 amide bonds. The van der Waals surface area contributed by atoms with Gasteiger partial charge in [0.2, 0.25) is 15.9 Å². The fourth-order valence-electron chi connectivity index (χ4n) is 2.50. The third-order valence-electron chi connectivity index (χ3n) is 3.92. The molecule has 30 heavy (non-hydrogen) atoms. The second-order valence-electron chi connectivity index (χ2n) is 6.85. The van der Waals surface area contributed by atoms with Crippen molar-refractivity contribution in [3.05, 3.63) is 48.0 Å². The van der Waals surface area contributed by atoms with E-state index in [1.54, 1.807) is 31.4 Å². The Hall–Kier alpha value is -3.04. The van der Waals surface area contributed by atoms with E-state index in [9.17, 15) is 13.2 Å². The Labute approximate surface area is 176 Å². The fourth-order valence-corrected chi connectivity index (χ4v) is 3.22. The normalized spacial score (nSPS) is 11.5. The number of sulfonamides is 1. The SMILES string of the molecule is COc1cc(C=CC(=O)Nc2ccc(OC)c(S(N)(=O)=O)c2)ccc1OCC(C)C. The van der Waals surface area contributed by atoms with Crippen molar-refractivity contribution in [1.82, 2.24) is 0 Å². The number of primary sulfonamides is 1. The molecule has 0 aliphatic carbocycles. The van der Waals surface area contributed by atoms with Gasteiger partial charge in [-0.2, -0.15) is 0 Å². The van der Waals surface area contributed by atoms with Gasteiger partial charge in [0.1, 0.15) is 10.6 Å². The van der Waals surface area contributed by atoms with Crippen molar-refractivity contribution in [2.24, 2.45) is 11.1 Å². The molecule has 0 saturated carbocycles. The number of hydrogen-bond acceptors (Lipinski definition) is 6. The summed E-state index contributed by atoms with van der Waals surface area (Å²) in [4.78, 5) is 12.0. The molecule has 0 aliphatic heterocycles. The number of benzene rings is 2. The molecular weight excluding hydrogens is 408 g/mol. The molecule has 0 heterocycles. The first kappa shape index (κ1) is 23.2. The number of anilines is 1. The molecule has 2 rings (SSSR count). The Morgan fingerprint density at radius 2 is 1.73 bits per heavy atom. The molecule has 0 saturated heterocycles. The highest BCUT2D eigenvalue weighted by Crippen LogP contribution is 2.29. The summed E-state index contributed by atoms with van der Waals surface area (Å²) in [6.07, 6.45) is 2.93. The number of amides is 1. The average molecular weight is 435 g/mol. The van der Waals surface area contributed by atoms with Crippen molar-refractivity contribution < 1.29 is 27.4 Å². The zero-order valence-corrected chi connectivity index (χ0v) is 18.2. The van der Waals surface area contributed by atoms with Crippen LogP contribution in [0.15, 0.2) is 47.4 Å². The van der Waals surface area contributed by atoms with Gasteiger partial charge in [0.15, 0.2) is 11.5 Å². The van der Waals surface area contributed by atoms with Crippen LogP contribution < -0.4 is 24.7 Å². The Balaban J connectivity index is 2.13. The van der Waals surface area contributed by atoms with Crippen LogP contribution >= 0.6 is 0 Å². The largest absolute Gasteiger partial charge is 0.495 e. The lowest BCUT2D eigenvalue weighted by Crippen LogP contribution is -2.15. The van der Waals surface area contributed by atoms with E-state index in [1.165, 1.54) is 31.4 Å². The number of rotatable bonds is 9. The molecule has 0 spiro atoms. The zero-order chi connectivity index (χ0) is 22.3. The Morgan fingerprint density at radius 1 is 1.07 bits per heavy atom. The van der Waals surface area contributed by atoms with Crippen molar-refractivity contribution >= 4 is 27.7 Å². The molecule has 3 N–H and O–H groups in total. The van der Waals surface area contributed by atoms with Crippen LogP contribution in [0, 0.1) is 5.92 Å². The van der Waals surface area contributed by atoms with Gasteiger partial charge in [-0.1, -0.05) is 19.9 Å². The van der Waals surface area contributed by atoms with Crippen molar-refractivity contribution in [3.8, 4) is 17.2 Å². The van der Waals surface area contributed by atoms with Crippen LogP contribution in [0.2, 0.25) is 0 Å². The van der Waals surface area contributed by atoms with E-state index < -0.39 is 15.9 Å². The van der Waals surface area contributed by atoms with Crippen LogP contribution in [0.5, 0.6) is 17.2 Å². The van der Waals surface area contributed by atoms with Gasteiger partial charge in [-0.05, 0) is 47.9 Å². The van der Waals surface area contributed by atoms with E-state index in [-0.39, 0.29) is 16.3 Å². The van der Waals surface area contributed by atoms with Gasteiger partial charge >= 0.3 is 0 Å². The monoisotopic (exact) mass is 434 g/mol. The predicted octanol–water partition coefficient (Wildman–Crippen LogP) is 3.04. The molecule has 9 heteroatoms. The minimum atomic E-state index is -4.00. The third-order valence-corrected chi connectivity index (χ3v) is 4.86. The van der Waals surface area contributed by atoms with Crippen molar-refractivity contribution in [1.29, 1.82) is 0 Å². The number of carbonyl (C=O) groups is 1. The maximum atomic E-state index is 12.2. The van der Waals surface area contributed by atoms with E-state index >= 15 is 0 Å².